The highest BCUT2D eigenvalue weighted by molar-refractivity contribution is 7.90. The number of rotatable bonds is 3. The van der Waals surface area contributed by atoms with E-state index < -0.39 is 15.8 Å². The maximum Gasteiger partial charge on any atom is 0.337 e. The summed E-state index contributed by atoms with van der Waals surface area (Å²) in [6, 6.07) is 8.10. The fourth-order valence-electron chi connectivity index (χ4n) is 2.23. The van der Waals surface area contributed by atoms with Gasteiger partial charge in [0.15, 0.2) is 9.84 Å². The number of carbonyl (C=O) groups is 1. The summed E-state index contributed by atoms with van der Waals surface area (Å²) in [5.74, 6) is -1.03. The summed E-state index contributed by atoms with van der Waals surface area (Å²) < 4.78 is 22.9. The minimum atomic E-state index is -3.24. The summed E-state index contributed by atoms with van der Waals surface area (Å²) in [7, 11) is -3.24. The van der Waals surface area contributed by atoms with Crippen molar-refractivity contribution in [2.24, 2.45) is 0 Å². The quantitative estimate of drug-likeness (QED) is 0.772. The number of aromatic nitrogens is 2. The number of pyridine rings is 1. The molecule has 2 heterocycles. The van der Waals surface area contributed by atoms with E-state index >= 15 is 0 Å². The molecule has 0 fully saturated rings. The van der Waals surface area contributed by atoms with Crippen LogP contribution in [0.3, 0.4) is 0 Å². The minimum absolute atomic E-state index is 0.150. The molecule has 0 bridgehead atoms. The van der Waals surface area contributed by atoms with Gasteiger partial charge in [-0.25, -0.2) is 18.2 Å². The first-order valence-corrected chi connectivity index (χ1v) is 8.26. The Labute approximate surface area is 126 Å². The van der Waals surface area contributed by atoms with Crippen molar-refractivity contribution < 1.29 is 18.3 Å². The molecule has 2 aromatic heterocycles. The van der Waals surface area contributed by atoms with E-state index in [4.69, 9.17) is 5.11 Å². The first-order chi connectivity index (χ1) is 10.4. The van der Waals surface area contributed by atoms with Crippen molar-refractivity contribution >= 4 is 26.8 Å². The lowest BCUT2D eigenvalue weighted by atomic mass is 10.1. The first kappa shape index (κ1) is 14.3. The third-order valence-electron chi connectivity index (χ3n) is 3.38. The summed E-state index contributed by atoms with van der Waals surface area (Å²) in [5, 5.41) is 9.66. The highest BCUT2D eigenvalue weighted by Crippen LogP contribution is 2.25. The Hall–Kier alpha value is -2.67. The number of hydrogen-bond donors (Lipinski definition) is 2. The standard InChI is InChI=1S/C15H12N2O4S/c1-22(20,21)11-4-2-9(3-5-11)10-6-12-13(15(18)19)8-17-14(12)16-7-10/h2-8H,1H3,(H,16,17)(H,18,19). The average molecular weight is 316 g/mol. The molecule has 0 unspecified atom stereocenters. The Kier molecular flexibility index (Phi) is 3.22. The lowest BCUT2D eigenvalue weighted by Crippen LogP contribution is -1.96. The van der Waals surface area contributed by atoms with Crippen LogP contribution in [0.2, 0.25) is 0 Å². The topological polar surface area (TPSA) is 100 Å². The molecule has 1 aromatic carbocycles. The predicted molar refractivity (Wildman–Crippen MR) is 81.6 cm³/mol. The maximum atomic E-state index is 11.5. The van der Waals surface area contributed by atoms with Gasteiger partial charge < -0.3 is 10.1 Å². The molecule has 7 heteroatoms. The molecule has 3 rings (SSSR count). The second-order valence-corrected chi connectivity index (χ2v) is 6.94. The number of aromatic carboxylic acids is 1. The fraction of sp³-hybridized carbons (Fsp3) is 0.0667. The molecule has 0 saturated carbocycles. The Morgan fingerprint density at radius 1 is 1.18 bits per heavy atom. The largest absolute Gasteiger partial charge is 0.478 e. The molecule has 0 radical (unpaired) electrons. The van der Waals surface area contributed by atoms with Crippen molar-refractivity contribution in [1.82, 2.24) is 9.97 Å². The van der Waals surface area contributed by atoms with Gasteiger partial charge in [0, 0.05) is 29.6 Å². The number of aromatic amines is 1. The Morgan fingerprint density at radius 3 is 2.45 bits per heavy atom. The lowest BCUT2D eigenvalue weighted by molar-refractivity contribution is 0.0699. The molecule has 0 aliphatic carbocycles. The number of H-pyrrole nitrogens is 1. The van der Waals surface area contributed by atoms with E-state index in [1.54, 1.807) is 24.4 Å². The van der Waals surface area contributed by atoms with Gasteiger partial charge >= 0.3 is 5.97 Å². The van der Waals surface area contributed by atoms with Gasteiger partial charge in [-0.05, 0) is 23.8 Å². The molecule has 0 amide bonds. The zero-order chi connectivity index (χ0) is 15.9. The normalized spacial score (nSPS) is 11.7. The van der Waals surface area contributed by atoms with Gasteiger partial charge in [-0.1, -0.05) is 12.1 Å². The van der Waals surface area contributed by atoms with Crippen molar-refractivity contribution in [3.63, 3.8) is 0 Å². The fourth-order valence-corrected chi connectivity index (χ4v) is 2.86. The maximum absolute atomic E-state index is 11.5. The number of carboxylic acid groups (broad SMARTS) is 1. The molecule has 0 atom stereocenters. The smallest absolute Gasteiger partial charge is 0.337 e. The summed E-state index contributed by atoms with van der Waals surface area (Å²) in [5.41, 5.74) is 2.13. The Bertz CT molecular complexity index is 972. The van der Waals surface area contributed by atoms with Crippen LogP contribution in [0.15, 0.2) is 47.6 Å². The number of nitrogens with zero attached hydrogens (tertiary/aromatic N) is 1. The zero-order valence-corrected chi connectivity index (χ0v) is 12.4. The van der Waals surface area contributed by atoms with Crippen LogP contribution >= 0.6 is 0 Å². The van der Waals surface area contributed by atoms with E-state index in [2.05, 4.69) is 9.97 Å². The SMILES string of the molecule is CS(=O)(=O)c1ccc(-c2cnc3[nH]cc(C(=O)O)c3c2)cc1. The molecule has 3 aromatic rings. The number of sulfone groups is 1. The van der Waals surface area contributed by atoms with Gasteiger partial charge in [-0.3, -0.25) is 0 Å². The van der Waals surface area contributed by atoms with Gasteiger partial charge in [0.05, 0.1) is 10.5 Å². The van der Waals surface area contributed by atoms with Gasteiger partial charge in [0.1, 0.15) is 5.65 Å². The predicted octanol–water partition coefficient (Wildman–Crippen LogP) is 2.33. The molecule has 22 heavy (non-hydrogen) atoms. The van der Waals surface area contributed by atoms with Crippen molar-refractivity contribution in [2.45, 2.75) is 4.90 Å². The first-order valence-electron chi connectivity index (χ1n) is 6.37. The molecule has 0 saturated heterocycles. The molecular weight excluding hydrogens is 304 g/mol. The van der Waals surface area contributed by atoms with Crippen molar-refractivity contribution in [1.29, 1.82) is 0 Å². The van der Waals surface area contributed by atoms with E-state index in [1.807, 2.05) is 0 Å². The van der Waals surface area contributed by atoms with Crippen molar-refractivity contribution in [3.8, 4) is 11.1 Å². The van der Waals surface area contributed by atoms with Crippen LogP contribution in [0.4, 0.5) is 0 Å². The molecule has 0 aliphatic rings. The number of hydrogen-bond acceptors (Lipinski definition) is 4. The monoisotopic (exact) mass is 316 g/mol. The van der Waals surface area contributed by atoms with Crippen LogP contribution in [-0.2, 0) is 9.84 Å². The highest BCUT2D eigenvalue weighted by Gasteiger charge is 2.13. The molecular formula is C15H12N2O4S. The summed E-state index contributed by atoms with van der Waals surface area (Å²) in [4.78, 5) is 18.4. The molecule has 2 N–H and O–H groups in total. The summed E-state index contributed by atoms with van der Waals surface area (Å²) in [6.45, 7) is 0. The van der Waals surface area contributed by atoms with Gasteiger partial charge in [-0.15, -0.1) is 0 Å². The number of fused-ring (bicyclic) bond motifs is 1. The second-order valence-electron chi connectivity index (χ2n) is 4.92. The summed E-state index contributed by atoms with van der Waals surface area (Å²) >= 11 is 0. The highest BCUT2D eigenvalue weighted by atomic mass is 32.2. The van der Waals surface area contributed by atoms with Crippen molar-refractivity contribution in [3.05, 3.63) is 48.3 Å². The van der Waals surface area contributed by atoms with Crippen LogP contribution < -0.4 is 0 Å². The van der Waals surface area contributed by atoms with Crippen LogP contribution in [0.1, 0.15) is 10.4 Å². The number of nitrogens with one attached hydrogen (secondary N) is 1. The van der Waals surface area contributed by atoms with E-state index in [-0.39, 0.29) is 10.5 Å². The molecule has 112 valence electrons. The van der Waals surface area contributed by atoms with Crippen molar-refractivity contribution in [2.75, 3.05) is 6.26 Å². The third kappa shape index (κ3) is 2.46. The average Bonchev–Trinajstić information content (AvgIpc) is 2.89. The Morgan fingerprint density at radius 2 is 1.86 bits per heavy atom. The van der Waals surface area contributed by atoms with Crippen LogP contribution in [0.5, 0.6) is 0 Å². The van der Waals surface area contributed by atoms with Crippen LogP contribution in [-0.4, -0.2) is 35.7 Å². The lowest BCUT2D eigenvalue weighted by Gasteiger charge is -2.04. The summed E-state index contributed by atoms with van der Waals surface area (Å²) in [6.07, 6.45) is 4.16. The van der Waals surface area contributed by atoms with Gasteiger partial charge in [-0.2, -0.15) is 0 Å². The zero-order valence-electron chi connectivity index (χ0n) is 11.6. The van der Waals surface area contributed by atoms with E-state index in [0.29, 0.717) is 11.0 Å². The van der Waals surface area contributed by atoms with Crippen LogP contribution in [0, 0.1) is 0 Å². The van der Waals surface area contributed by atoms with E-state index in [1.165, 1.54) is 18.3 Å². The molecule has 0 spiro atoms. The number of benzene rings is 1. The van der Waals surface area contributed by atoms with E-state index in [9.17, 15) is 13.2 Å². The third-order valence-corrected chi connectivity index (χ3v) is 4.51. The van der Waals surface area contributed by atoms with Crippen LogP contribution in [0.25, 0.3) is 22.2 Å². The Balaban J connectivity index is 2.10. The molecule has 0 aliphatic heterocycles. The minimum Gasteiger partial charge on any atom is -0.478 e. The number of carboxylic acids is 1. The van der Waals surface area contributed by atoms with E-state index in [0.717, 1.165) is 17.4 Å². The van der Waals surface area contributed by atoms with Gasteiger partial charge in [0.25, 0.3) is 0 Å². The second kappa shape index (κ2) is 4.96. The van der Waals surface area contributed by atoms with Gasteiger partial charge in [0.2, 0.25) is 0 Å². The molecule has 6 nitrogen and oxygen atoms in total.